The van der Waals surface area contributed by atoms with Gasteiger partial charge in [-0.25, -0.2) is 13.2 Å². The van der Waals surface area contributed by atoms with E-state index in [1.54, 1.807) is 19.1 Å². The monoisotopic (exact) mass is 355 g/mol. The Bertz CT molecular complexity index is 1010. The van der Waals surface area contributed by atoms with Crippen molar-refractivity contribution < 1.29 is 17.9 Å². The first-order valence-electron chi connectivity index (χ1n) is 7.78. The van der Waals surface area contributed by atoms with Gasteiger partial charge in [0.2, 0.25) is 0 Å². The fourth-order valence-corrected chi connectivity index (χ4v) is 3.50. The van der Waals surface area contributed by atoms with Crippen molar-refractivity contribution >= 4 is 32.5 Å². The van der Waals surface area contributed by atoms with Gasteiger partial charge in [0, 0.05) is 5.69 Å². The molecule has 1 N–H and O–H groups in total. The van der Waals surface area contributed by atoms with Crippen LogP contribution in [-0.4, -0.2) is 21.0 Å². The van der Waals surface area contributed by atoms with Gasteiger partial charge >= 0.3 is 5.97 Å². The van der Waals surface area contributed by atoms with E-state index in [1.165, 1.54) is 24.3 Å². The molecule has 0 unspecified atom stereocenters. The lowest BCUT2D eigenvalue weighted by atomic mass is 10.1. The summed E-state index contributed by atoms with van der Waals surface area (Å²) in [7, 11) is -3.74. The average molecular weight is 355 g/mol. The molecule has 0 saturated carbocycles. The second kappa shape index (κ2) is 6.94. The lowest BCUT2D eigenvalue weighted by Crippen LogP contribution is -2.13. The van der Waals surface area contributed by atoms with E-state index < -0.39 is 16.0 Å². The topological polar surface area (TPSA) is 72.5 Å². The third-order valence-electron chi connectivity index (χ3n) is 3.68. The van der Waals surface area contributed by atoms with Crippen LogP contribution in [0.3, 0.4) is 0 Å². The molecular formula is C19H17NO4S. The molecule has 3 rings (SSSR count). The van der Waals surface area contributed by atoms with Gasteiger partial charge in [-0.1, -0.05) is 30.3 Å². The maximum atomic E-state index is 12.5. The number of carbonyl (C=O) groups is 1. The number of ether oxygens (including phenoxy) is 1. The molecule has 0 aliphatic heterocycles. The summed E-state index contributed by atoms with van der Waals surface area (Å²) in [6.07, 6.45) is 0. The molecule has 6 heteroatoms. The second-order valence-electron chi connectivity index (χ2n) is 5.41. The molecule has 128 valence electrons. The SMILES string of the molecule is CCOC(=O)c1ccc(S(=O)(=O)Nc2ccc3ccccc3c2)cc1. The van der Waals surface area contributed by atoms with Crippen LogP contribution in [0.15, 0.2) is 71.6 Å². The third kappa shape index (κ3) is 3.80. The predicted molar refractivity (Wildman–Crippen MR) is 97.2 cm³/mol. The van der Waals surface area contributed by atoms with Crippen molar-refractivity contribution in [2.75, 3.05) is 11.3 Å². The number of carbonyl (C=O) groups excluding carboxylic acids is 1. The van der Waals surface area contributed by atoms with Crippen molar-refractivity contribution in [3.05, 3.63) is 72.3 Å². The summed E-state index contributed by atoms with van der Waals surface area (Å²) in [5, 5.41) is 1.98. The minimum absolute atomic E-state index is 0.0775. The predicted octanol–water partition coefficient (Wildman–Crippen LogP) is 3.82. The zero-order chi connectivity index (χ0) is 17.9. The Balaban J connectivity index is 1.84. The van der Waals surface area contributed by atoms with Crippen LogP contribution in [0.2, 0.25) is 0 Å². The van der Waals surface area contributed by atoms with E-state index in [2.05, 4.69) is 4.72 Å². The molecule has 3 aromatic rings. The van der Waals surface area contributed by atoms with Crippen molar-refractivity contribution in [3.63, 3.8) is 0 Å². The first-order chi connectivity index (χ1) is 12.0. The number of fused-ring (bicyclic) bond motifs is 1. The Morgan fingerprint density at radius 1 is 0.960 bits per heavy atom. The van der Waals surface area contributed by atoms with Crippen molar-refractivity contribution in [2.45, 2.75) is 11.8 Å². The summed E-state index contributed by atoms with van der Waals surface area (Å²) in [6.45, 7) is 1.98. The molecule has 0 heterocycles. The zero-order valence-corrected chi connectivity index (χ0v) is 14.4. The summed E-state index contributed by atoms with van der Waals surface area (Å²) in [5.74, 6) is -0.478. The Morgan fingerprint density at radius 2 is 1.64 bits per heavy atom. The maximum absolute atomic E-state index is 12.5. The highest BCUT2D eigenvalue weighted by atomic mass is 32.2. The normalized spacial score (nSPS) is 11.2. The van der Waals surface area contributed by atoms with Crippen LogP contribution in [0.4, 0.5) is 5.69 Å². The molecule has 5 nitrogen and oxygen atoms in total. The number of hydrogen-bond acceptors (Lipinski definition) is 4. The lowest BCUT2D eigenvalue weighted by molar-refractivity contribution is 0.0526. The smallest absolute Gasteiger partial charge is 0.338 e. The molecule has 0 saturated heterocycles. The molecule has 0 aliphatic carbocycles. The molecule has 0 fully saturated rings. The first kappa shape index (κ1) is 17.0. The molecular weight excluding hydrogens is 338 g/mol. The third-order valence-corrected chi connectivity index (χ3v) is 5.07. The number of benzene rings is 3. The van der Waals surface area contributed by atoms with Crippen molar-refractivity contribution in [3.8, 4) is 0 Å². The van der Waals surface area contributed by atoms with E-state index in [0.717, 1.165) is 10.8 Å². The van der Waals surface area contributed by atoms with E-state index in [9.17, 15) is 13.2 Å². The highest BCUT2D eigenvalue weighted by molar-refractivity contribution is 7.92. The van der Waals surface area contributed by atoms with Crippen LogP contribution in [0, 0.1) is 0 Å². The summed E-state index contributed by atoms with van der Waals surface area (Å²) >= 11 is 0. The molecule has 25 heavy (non-hydrogen) atoms. The number of nitrogens with one attached hydrogen (secondary N) is 1. The van der Waals surface area contributed by atoms with E-state index in [4.69, 9.17) is 4.74 Å². The summed E-state index contributed by atoms with van der Waals surface area (Å²) in [5.41, 5.74) is 0.791. The molecule has 0 bridgehead atoms. The summed E-state index contributed by atoms with van der Waals surface area (Å²) < 4.78 is 32.5. The van der Waals surface area contributed by atoms with Crippen LogP contribution in [0.25, 0.3) is 10.8 Å². The fraction of sp³-hybridized carbons (Fsp3) is 0.105. The minimum Gasteiger partial charge on any atom is -0.462 e. The lowest BCUT2D eigenvalue weighted by Gasteiger charge is -2.09. The van der Waals surface area contributed by atoms with Gasteiger partial charge in [-0.3, -0.25) is 4.72 Å². The summed E-state index contributed by atoms with van der Waals surface area (Å²) in [6, 6.07) is 18.7. The van der Waals surface area contributed by atoms with Crippen LogP contribution in [-0.2, 0) is 14.8 Å². The molecule has 0 aliphatic rings. The van der Waals surface area contributed by atoms with Gasteiger partial charge in [-0.15, -0.1) is 0 Å². The molecule has 0 radical (unpaired) electrons. The van der Waals surface area contributed by atoms with Crippen LogP contribution in [0.5, 0.6) is 0 Å². The van der Waals surface area contributed by atoms with Gasteiger partial charge < -0.3 is 4.74 Å². The standard InChI is InChI=1S/C19H17NO4S/c1-2-24-19(21)15-8-11-18(12-9-15)25(22,23)20-17-10-7-14-5-3-4-6-16(14)13-17/h3-13,20H,2H2,1H3. The average Bonchev–Trinajstić information content (AvgIpc) is 2.61. The van der Waals surface area contributed by atoms with Gasteiger partial charge in [0.05, 0.1) is 17.1 Å². The van der Waals surface area contributed by atoms with Gasteiger partial charge in [-0.2, -0.15) is 0 Å². The van der Waals surface area contributed by atoms with E-state index in [0.29, 0.717) is 11.3 Å². The first-order valence-corrected chi connectivity index (χ1v) is 9.27. The van der Waals surface area contributed by atoms with E-state index in [-0.39, 0.29) is 11.5 Å². The zero-order valence-electron chi connectivity index (χ0n) is 13.6. The molecule has 0 amide bonds. The van der Waals surface area contributed by atoms with Crippen molar-refractivity contribution in [1.82, 2.24) is 0 Å². The Morgan fingerprint density at radius 3 is 2.32 bits per heavy atom. The maximum Gasteiger partial charge on any atom is 0.338 e. The quantitative estimate of drug-likeness (QED) is 0.706. The van der Waals surface area contributed by atoms with Gasteiger partial charge in [0.25, 0.3) is 10.0 Å². The van der Waals surface area contributed by atoms with Gasteiger partial charge in [-0.05, 0) is 54.1 Å². The fourth-order valence-electron chi connectivity index (χ4n) is 2.45. The van der Waals surface area contributed by atoms with Crippen LogP contribution in [0.1, 0.15) is 17.3 Å². The second-order valence-corrected chi connectivity index (χ2v) is 7.09. The van der Waals surface area contributed by atoms with E-state index in [1.807, 2.05) is 30.3 Å². The van der Waals surface area contributed by atoms with Gasteiger partial charge in [0.1, 0.15) is 0 Å². The Labute approximate surface area is 146 Å². The van der Waals surface area contributed by atoms with Gasteiger partial charge in [0.15, 0.2) is 0 Å². The van der Waals surface area contributed by atoms with Crippen molar-refractivity contribution in [2.24, 2.45) is 0 Å². The van der Waals surface area contributed by atoms with E-state index >= 15 is 0 Å². The van der Waals surface area contributed by atoms with Crippen LogP contribution >= 0.6 is 0 Å². The minimum atomic E-state index is -3.74. The molecule has 0 atom stereocenters. The highest BCUT2D eigenvalue weighted by Crippen LogP contribution is 2.22. The molecule has 0 spiro atoms. The Hall–Kier alpha value is -2.86. The number of hydrogen-bond donors (Lipinski definition) is 1. The number of rotatable bonds is 5. The highest BCUT2D eigenvalue weighted by Gasteiger charge is 2.15. The largest absolute Gasteiger partial charge is 0.462 e. The van der Waals surface area contributed by atoms with Crippen molar-refractivity contribution in [1.29, 1.82) is 0 Å². The molecule has 0 aromatic heterocycles. The number of esters is 1. The molecule has 3 aromatic carbocycles. The Kier molecular flexibility index (Phi) is 4.72. The summed E-state index contributed by atoms with van der Waals surface area (Å²) in [4.78, 5) is 11.7. The van der Waals surface area contributed by atoms with Crippen LogP contribution < -0.4 is 4.72 Å². The number of anilines is 1. The number of sulfonamides is 1.